The van der Waals surface area contributed by atoms with Gasteiger partial charge < -0.3 is 9.73 Å². The highest BCUT2D eigenvalue weighted by Gasteiger charge is 2.20. The second-order valence-electron chi connectivity index (χ2n) is 4.69. The minimum absolute atomic E-state index is 0.209. The van der Waals surface area contributed by atoms with Crippen molar-refractivity contribution in [1.29, 1.82) is 0 Å². The predicted octanol–water partition coefficient (Wildman–Crippen LogP) is 4.45. The number of thioether (sulfide) groups is 1. The number of nitrogens with one attached hydrogen (secondary N) is 1. The maximum atomic E-state index is 12.9. The number of rotatable bonds is 4. The number of carbonyl (C=O) groups is 1. The molecule has 0 saturated carbocycles. The molecule has 0 radical (unpaired) electrons. The molecule has 1 N–H and O–H groups in total. The third kappa shape index (κ3) is 3.43. The summed E-state index contributed by atoms with van der Waals surface area (Å²) >= 11 is 1.30. The molecule has 1 amide bonds. The Morgan fingerprint density at radius 1 is 1.13 bits per heavy atom. The maximum absolute atomic E-state index is 12.9. The van der Waals surface area contributed by atoms with Crippen molar-refractivity contribution in [1.82, 2.24) is 4.98 Å². The van der Waals surface area contributed by atoms with Crippen LogP contribution in [0.3, 0.4) is 0 Å². The fourth-order valence-corrected chi connectivity index (χ4v) is 2.51. The van der Waals surface area contributed by atoms with Gasteiger partial charge in [-0.05, 0) is 42.7 Å². The van der Waals surface area contributed by atoms with E-state index in [0.717, 1.165) is 5.56 Å². The first kappa shape index (κ1) is 15.3. The topological polar surface area (TPSA) is 55.1 Å². The van der Waals surface area contributed by atoms with Crippen molar-refractivity contribution >= 4 is 23.4 Å². The lowest BCUT2D eigenvalue weighted by molar-refractivity contribution is 0.101. The molecular formula is C17H13FN2O2S. The zero-order valence-corrected chi connectivity index (χ0v) is 13.1. The van der Waals surface area contributed by atoms with Crippen molar-refractivity contribution in [3.8, 4) is 11.5 Å². The van der Waals surface area contributed by atoms with Gasteiger partial charge in [-0.25, -0.2) is 9.37 Å². The molecule has 0 aliphatic heterocycles. The van der Waals surface area contributed by atoms with Crippen molar-refractivity contribution in [3.63, 3.8) is 0 Å². The first-order valence-corrected chi connectivity index (χ1v) is 8.07. The molecule has 0 unspecified atom stereocenters. The highest BCUT2D eigenvalue weighted by atomic mass is 32.2. The number of anilines is 1. The summed E-state index contributed by atoms with van der Waals surface area (Å²) in [5.41, 5.74) is 1.50. The lowest BCUT2D eigenvalue weighted by atomic mass is 10.2. The van der Waals surface area contributed by atoms with Crippen LogP contribution in [-0.4, -0.2) is 17.1 Å². The van der Waals surface area contributed by atoms with E-state index in [0.29, 0.717) is 16.7 Å². The molecule has 0 aliphatic carbocycles. The van der Waals surface area contributed by atoms with Gasteiger partial charge in [-0.2, -0.15) is 0 Å². The quantitative estimate of drug-likeness (QED) is 0.719. The van der Waals surface area contributed by atoms with E-state index in [1.807, 2.05) is 36.6 Å². The van der Waals surface area contributed by atoms with Crippen molar-refractivity contribution in [2.24, 2.45) is 0 Å². The zero-order valence-electron chi connectivity index (χ0n) is 12.2. The SMILES string of the molecule is CSc1oc(-c2ccccc2)nc1C(=O)Nc1ccc(F)cc1. The van der Waals surface area contributed by atoms with Crippen molar-refractivity contribution in [3.05, 3.63) is 66.1 Å². The molecule has 1 aromatic heterocycles. The minimum atomic E-state index is -0.396. The van der Waals surface area contributed by atoms with Gasteiger partial charge in [-0.3, -0.25) is 4.79 Å². The number of carbonyl (C=O) groups excluding carboxylic acids is 1. The van der Waals surface area contributed by atoms with E-state index in [2.05, 4.69) is 10.3 Å². The largest absolute Gasteiger partial charge is 0.429 e. The highest BCUT2D eigenvalue weighted by molar-refractivity contribution is 7.98. The van der Waals surface area contributed by atoms with Gasteiger partial charge in [0.15, 0.2) is 10.8 Å². The number of oxazole rings is 1. The van der Waals surface area contributed by atoms with Gasteiger partial charge in [-0.1, -0.05) is 30.0 Å². The monoisotopic (exact) mass is 328 g/mol. The normalized spacial score (nSPS) is 10.5. The van der Waals surface area contributed by atoms with Crippen LogP contribution in [0.4, 0.5) is 10.1 Å². The smallest absolute Gasteiger partial charge is 0.278 e. The summed E-state index contributed by atoms with van der Waals surface area (Å²) in [4.78, 5) is 16.7. The van der Waals surface area contributed by atoms with Crippen molar-refractivity contribution in [2.75, 3.05) is 11.6 Å². The van der Waals surface area contributed by atoms with E-state index in [1.54, 1.807) is 0 Å². The first-order valence-electron chi connectivity index (χ1n) is 6.84. The molecule has 23 heavy (non-hydrogen) atoms. The summed E-state index contributed by atoms with van der Waals surface area (Å²) in [6.45, 7) is 0. The van der Waals surface area contributed by atoms with E-state index < -0.39 is 5.91 Å². The van der Waals surface area contributed by atoms with Crippen LogP contribution in [0, 0.1) is 5.82 Å². The van der Waals surface area contributed by atoms with Gasteiger partial charge in [0.25, 0.3) is 5.91 Å². The molecule has 3 rings (SSSR count). The molecule has 0 atom stereocenters. The maximum Gasteiger partial charge on any atom is 0.278 e. The third-order valence-corrected chi connectivity index (χ3v) is 3.77. The number of hydrogen-bond acceptors (Lipinski definition) is 4. The fourth-order valence-electron chi connectivity index (χ4n) is 2.02. The Kier molecular flexibility index (Phi) is 4.43. The number of halogens is 1. The summed E-state index contributed by atoms with van der Waals surface area (Å²) in [6, 6.07) is 14.9. The molecule has 116 valence electrons. The summed E-state index contributed by atoms with van der Waals surface area (Å²) in [7, 11) is 0. The average Bonchev–Trinajstić information content (AvgIpc) is 3.02. The van der Waals surface area contributed by atoms with Gasteiger partial charge in [0.05, 0.1) is 0 Å². The van der Waals surface area contributed by atoms with Crippen LogP contribution in [0.1, 0.15) is 10.5 Å². The molecule has 4 nitrogen and oxygen atoms in total. The van der Waals surface area contributed by atoms with Crippen molar-refractivity contribution < 1.29 is 13.6 Å². The molecule has 0 spiro atoms. The highest BCUT2D eigenvalue weighted by Crippen LogP contribution is 2.28. The van der Waals surface area contributed by atoms with Crippen LogP contribution in [0.25, 0.3) is 11.5 Å². The summed E-state index contributed by atoms with van der Waals surface area (Å²) in [6.07, 6.45) is 1.81. The number of amides is 1. The van der Waals surface area contributed by atoms with Gasteiger partial charge >= 0.3 is 0 Å². The second-order valence-corrected chi connectivity index (χ2v) is 5.47. The molecule has 0 aliphatic rings. The molecular weight excluding hydrogens is 315 g/mol. The van der Waals surface area contributed by atoms with Crippen LogP contribution in [0.15, 0.2) is 64.1 Å². The minimum Gasteiger partial charge on any atom is -0.429 e. The Balaban J connectivity index is 1.88. The van der Waals surface area contributed by atoms with Gasteiger partial charge in [0.2, 0.25) is 5.89 Å². The summed E-state index contributed by atoms with van der Waals surface area (Å²) < 4.78 is 18.6. The average molecular weight is 328 g/mol. The lowest BCUT2D eigenvalue weighted by Gasteiger charge is -2.03. The molecule has 2 aromatic carbocycles. The fraction of sp³-hybridized carbons (Fsp3) is 0.0588. The summed E-state index contributed by atoms with van der Waals surface area (Å²) in [5.74, 6) is -0.369. The second kappa shape index (κ2) is 6.66. The van der Waals surface area contributed by atoms with E-state index in [4.69, 9.17) is 4.42 Å². The molecule has 3 aromatic rings. The van der Waals surface area contributed by atoms with E-state index in [1.165, 1.54) is 36.0 Å². The number of hydrogen-bond donors (Lipinski definition) is 1. The number of nitrogens with zero attached hydrogens (tertiary/aromatic N) is 1. The Morgan fingerprint density at radius 3 is 2.48 bits per heavy atom. The van der Waals surface area contributed by atoms with E-state index >= 15 is 0 Å². The van der Waals surface area contributed by atoms with Gasteiger partial charge in [0.1, 0.15) is 5.82 Å². The van der Waals surface area contributed by atoms with E-state index in [9.17, 15) is 9.18 Å². The van der Waals surface area contributed by atoms with Crippen LogP contribution in [0.2, 0.25) is 0 Å². The van der Waals surface area contributed by atoms with Crippen LogP contribution < -0.4 is 5.32 Å². The Labute approximate surface area is 136 Å². The van der Waals surface area contributed by atoms with Crippen LogP contribution in [-0.2, 0) is 0 Å². The molecule has 0 fully saturated rings. The zero-order chi connectivity index (χ0) is 16.2. The Bertz CT molecular complexity index is 816. The third-order valence-electron chi connectivity index (χ3n) is 3.12. The lowest BCUT2D eigenvalue weighted by Crippen LogP contribution is -2.13. The van der Waals surface area contributed by atoms with E-state index in [-0.39, 0.29) is 11.5 Å². The predicted molar refractivity (Wildman–Crippen MR) is 88.1 cm³/mol. The summed E-state index contributed by atoms with van der Waals surface area (Å²) in [5, 5.41) is 3.12. The molecule has 0 saturated heterocycles. The van der Waals surface area contributed by atoms with Crippen LogP contribution >= 0.6 is 11.8 Å². The van der Waals surface area contributed by atoms with Crippen molar-refractivity contribution in [2.45, 2.75) is 5.09 Å². The number of benzene rings is 2. The molecule has 0 bridgehead atoms. The first-order chi connectivity index (χ1) is 11.2. The molecule has 1 heterocycles. The standard InChI is InChI=1S/C17H13FN2O2S/c1-23-17-14(15(21)19-13-9-7-12(18)8-10-13)20-16(22-17)11-5-3-2-4-6-11/h2-10H,1H3,(H,19,21). The molecule has 6 heteroatoms. The van der Waals surface area contributed by atoms with Gasteiger partial charge in [-0.15, -0.1) is 0 Å². The Hall–Kier alpha value is -2.60. The number of aromatic nitrogens is 1. The Morgan fingerprint density at radius 2 is 1.83 bits per heavy atom. The van der Waals surface area contributed by atoms with Crippen LogP contribution in [0.5, 0.6) is 0 Å². The van der Waals surface area contributed by atoms with Gasteiger partial charge in [0, 0.05) is 11.3 Å².